The smallest absolute Gasteiger partial charge is 0.228 e. The molecule has 2 aromatic rings. The number of nitrogens with one attached hydrogen (secondary N) is 1. The Balaban J connectivity index is 2.29. The summed E-state index contributed by atoms with van der Waals surface area (Å²) in [6.45, 7) is 2.33. The van der Waals surface area contributed by atoms with E-state index < -0.39 is 0 Å². The number of hydrogen-bond donors (Lipinski definition) is 2. The molecule has 1 aromatic heterocycles. The van der Waals surface area contributed by atoms with Crippen LogP contribution in [0.4, 0.5) is 5.69 Å². The first-order valence-electron chi connectivity index (χ1n) is 6.11. The van der Waals surface area contributed by atoms with Gasteiger partial charge in [0.1, 0.15) is 0 Å². The molecule has 0 saturated carbocycles. The molecular weight excluding hydrogens is 226 g/mol. The van der Waals surface area contributed by atoms with Gasteiger partial charge in [-0.3, -0.25) is 9.78 Å². The Bertz CT molecular complexity index is 544. The Kier molecular flexibility index (Phi) is 3.89. The molecule has 1 atom stereocenters. The minimum atomic E-state index is -0.142. The van der Waals surface area contributed by atoms with Crippen molar-refractivity contribution in [1.82, 2.24) is 4.98 Å². The molecule has 1 aromatic carbocycles. The standard InChI is InChI=1S/C14H17N3O/c1-2-10(9-15)14(18)17-13-7-3-6-12-11(13)5-4-8-16-12/h3-8,10H,2,9,15H2,1H3,(H,17,18). The lowest BCUT2D eigenvalue weighted by Gasteiger charge is -2.13. The third-order valence-electron chi connectivity index (χ3n) is 3.05. The molecule has 3 N–H and O–H groups in total. The molecule has 0 spiro atoms. The average molecular weight is 243 g/mol. The Labute approximate surface area is 106 Å². The SMILES string of the molecule is CCC(CN)C(=O)Nc1cccc2ncccc12. The normalized spacial score (nSPS) is 12.3. The van der Waals surface area contributed by atoms with Gasteiger partial charge in [-0.2, -0.15) is 0 Å². The van der Waals surface area contributed by atoms with Gasteiger partial charge in [0, 0.05) is 18.1 Å². The molecule has 1 unspecified atom stereocenters. The van der Waals surface area contributed by atoms with E-state index in [1.165, 1.54) is 0 Å². The molecule has 2 rings (SSSR count). The lowest BCUT2D eigenvalue weighted by atomic mass is 10.1. The number of aromatic nitrogens is 1. The number of amides is 1. The summed E-state index contributed by atoms with van der Waals surface area (Å²) in [4.78, 5) is 16.3. The van der Waals surface area contributed by atoms with E-state index in [0.29, 0.717) is 6.54 Å². The van der Waals surface area contributed by atoms with Gasteiger partial charge in [-0.1, -0.05) is 13.0 Å². The van der Waals surface area contributed by atoms with Crippen molar-refractivity contribution in [2.45, 2.75) is 13.3 Å². The Morgan fingerprint density at radius 3 is 2.94 bits per heavy atom. The summed E-state index contributed by atoms with van der Waals surface area (Å²) >= 11 is 0. The van der Waals surface area contributed by atoms with Crippen molar-refractivity contribution in [3.8, 4) is 0 Å². The van der Waals surface area contributed by atoms with E-state index in [1.807, 2.05) is 37.3 Å². The predicted octanol–water partition coefficient (Wildman–Crippen LogP) is 2.16. The average Bonchev–Trinajstić information content (AvgIpc) is 2.40. The zero-order chi connectivity index (χ0) is 13.0. The number of pyridine rings is 1. The van der Waals surface area contributed by atoms with Crippen molar-refractivity contribution in [3.05, 3.63) is 36.5 Å². The van der Waals surface area contributed by atoms with Crippen molar-refractivity contribution in [1.29, 1.82) is 0 Å². The van der Waals surface area contributed by atoms with Crippen LogP contribution in [-0.2, 0) is 4.79 Å². The first kappa shape index (κ1) is 12.5. The molecule has 1 heterocycles. The summed E-state index contributed by atoms with van der Waals surface area (Å²) in [5.74, 6) is -0.173. The van der Waals surface area contributed by atoms with Crippen LogP contribution in [0.3, 0.4) is 0 Å². The van der Waals surface area contributed by atoms with Crippen LogP contribution in [0.1, 0.15) is 13.3 Å². The molecule has 4 nitrogen and oxygen atoms in total. The van der Waals surface area contributed by atoms with Gasteiger partial charge in [0.2, 0.25) is 5.91 Å². The summed E-state index contributed by atoms with van der Waals surface area (Å²) in [5, 5.41) is 3.87. The van der Waals surface area contributed by atoms with Crippen LogP contribution >= 0.6 is 0 Å². The highest BCUT2D eigenvalue weighted by Crippen LogP contribution is 2.21. The second-order valence-electron chi connectivity index (χ2n) is 4.21. The second kappa shape index (κ2) is 5.60. The Hall–Kier alpha value is -1.94. The van der Waals surface area contributed by atoms with E-state index in [0.717, 1.165) is 23.0 Å². The lowest BCUT2D eigenvalue weighted by molar-refractivity contribution is -0.119. The zero-order valence-electron chi connectivity index (χ0n) is 10.4. The van der Waals surface area contributed by atoms with Crippen molar-refractivity contribution in [2.24, 2.45) is 11.7 Å². The van der Waals surface area contributed by atoms with Crippen LogP contribution in [0.2, 0.25) is 0 Å². The van der Waals surface area contributed by atoms with Crippen LogP contribution < -0.4 is 11.1 Å². The van der Waals surface area contributed by atoms with Gasteiger partial charge in [-0.25, -0.2) is 0 Å². The maximum atomic E-state index is 12.0. The molecule has 0 aliphatic rings. The predicted molar refractivity (Wildman–Crippen MR) is 73.2 cm³/mol. The van der Waals surface area contributed by atoms with Crippen molar-refractivity contribution < 1.29 is 4.79 Å². The maximum Gasteiger partial charge on any atom is 0.228 e. The zero-order valence-corrected chi connectivity index (χ0v) is 10.4. The summed E-state index contributed by atoms with van der Waals surface area (Å²) in [6, 6.07) is 9.49. The fraction of sp³-hybridized carbons (Fsp3) is 0.286. The summed E-state index contributed by atoms with van der Waals surface area (Å²) in [5.41, 5.74) is 7.24. The van der Waals surface area contributed by atoms with Crippen molar-refractivity contribution in [3.63, 3.8) is 0 Å². The topological polar surface area (TPSA) is 68.0 Å². The fourth-order valence-electron chi connectivity index (χ4n) is 1.91. The van der Waals surface area contributed by atoms with Crippen molar-refractivity contribution >= 4 is 22.5 Å². The Morgan fingerprint density at radius 2 is 2.22 bits per heavy atom. The van der Waals surface area contributed by atoms with Gasteiger partial charge < -0.3 is 11.1 Å². The van der Waals surface area contributed by atoms with Crippen LogP contribution in [0.15, 0.2) is 36.5 Å². The number of fused-ring (bicyclic) bond motifs is 1. The van der Waals surface area contributed by atoms with Gasteiger partial charge in [0.15, 0.2) is 0 Å². The monoisotopic (exact) mass is 243 g/mol. The number of nitrogens with two attached hydrogens (primary N) is 1. The first-order chi connectivity index (χ1) is 8.76. The van der Waals surface area contributed by atoms with E-state index in [1.54, 1.807) is 6.20 Å². The third kappa shape index (κ3) is 2.49. The Morgan fingerprint density at radius 1 is 1.39 bits per heavy atom. The second-order valence-corrected chi connectivity index (χ2v) is 4.21. The van der Waals surface area contributed by atoms with E-state index in [-0.39, 0.29) is 11.8 Å². The van der Waals surface area contributed by atoms with Gasteiger partial charge in [0.25, 0.3) is 0 Å². The molecule has 0 aliphatic carbocycles. The number of carbonyl (C=O) groups is 1. The van der Waals surface area contributed by atoms with Crippen LogP contribution in [0.25, 0.3) is 10.9 Å². The minimum absolute atomic E-state index is 0.0312. The van der Waals surface area contributed by atoms with E-state index in [2.05, 4.69) is 10.3 Å². The minimum Gasteiger partial charge on any atom is -0.330 e. The van der Waals surface area contributed by atoms with Gasteiger partial charge in [-0.15, -0.1) is 0 Å². The highest BCUT2D eigenvalue weighted by Gasteiger charge is 2.15. The van der Waals surface area contributed by atoms with Gasteiger partial charge in [0.05, 0.1) is 17.1 Å². The molecule has 4 heteroatoms. The fourth-order valence-corrected chi connectivity index (χ4v) is 1.91. The number of nitrogens with zero attached hydrogens (tertiary/aromatic N) is 1. The van der Waals surface area contributed by atoms with Crippen LogP contribution in [-0.4, -0.2) is 17.4 Å². The number of benzene rings is 1. The largest absolute Gasteiger partial charge is 0.330 e. The van der Waals surface area contributed by atoms with Crippen LogP contribution in [0, 0.1) is 5.92 Å². The molecule has 0 saturated heterocycles. The molecule has 18 heavy (non-hydrogen) atoms. The van der Waals surface area contributed by atoms with Crippen molar-refractivity contribution in [2.75, 3.05) is 11.9 Å². The molecule has 0 aliphatic heterocycles. The summed E-state index contributed by atoms with van der Waals surface area (Å²) < 4.78 is 0. The maximum absolute atomic E-state index is 12.0. The molecule has 0 radical (unpaired) electrons. The highest BCUT2D eigenvalue weighted by molar-refractivity contribution is 6.01. The summed E-state index contributed by atoms with van der Waals surface area (Å²) in [6.07, 6.45) is 2.48. The van der Waals surface area contributed by atoms with Gasteiger partial charge in [-0.05, 0) is 30.7 Å². The van der Waals surface area contributed by atoms with Gasteiger partial charge >= 0.3 is 0 Å². The third-order valence-corrected chi connectivity index (χ3v) is 3.05. The molecule has 0 fully saturated rings. The van der Waals surface area contributed by atoms with E-state index in [9.17, 15) is 4.79 Å². The highest BCUT2D eigenvalue weighted by atomic mass is 16.1. The van der Waals surface area contributed by atoms with E-state index >= 15 is 0 Å². The molecular formula is C14H17N3O. The quantitative estimate of drug-likeness (QED) is 0.864. The number of carbonyl (C=O) groups excluding carboxylic acids is 1. The molecule has 94 valence electrons. The number of rotatable bonds is 4. The summed E-state index contributed by atoms with van der Waals surface area (Å²) in [7, 11) is 0. The molecule has 0 bridgehead atoms. The van der Waals surface area contributed by atoms with Crippen LogP contribution in [0.5, 0.6) is 0 Å². The lowest BCUT2D eigenvalue weighted by Crippen LogP contribution is -2.28. The van der Waals surface area contributed by atoms with E-state index in [4.69, 9.17) is 5.73 Å². The number of anilines is 1. The first-order valence-corrected chi connectivity index (χ1v) is 6.11. The number of hydrogen-bond acceptors (Lipinski definition) is 3. The molecule has 1 amide bonds.